The van der Waals surface area contributed by atoms with Gasteiger partial charge in [0.05, 0.1) is 18.3 Å². The molecule has 110 valence electrons. The Kier molecular flexibility index (Phi) is 3.85. The first-order valence-corrected chi connectivity index (χ1v) is 7.79. The molecule has 1 aliphatic heterocycles. The first kappa shape index (κ1) is 14.1. The van der Waals surface area contributed by atoms with E-state index < -0.39 is 6.10 Å². The van der Waals surface area contributed by atoms with Gasteiger partial charge in [-0.2, -0.15) is 0 Å². The smallest absolute Gasteiger partial charge is 0.0910 e. The van der Waals surface area contributed by atoms with Crippen molar-refractivity contribution in [2.45, 2.75) is 62.8 Å². The Morgan fingerprint density at radius 2 is 2.20 bits per heavy atom. The summed E-state index contributed by atoms with van der Waals surface area (Å²) in [6.45, 7) is 2.57. The van der Waals surface area contributed by atoms with Gasteiger partial charge in [-0.25, -0.2) is 0 Å². The first-order chi connectivity index (χ1) is 9.67. The lowest BCUT2D eigenvalue weighted by atomic mass is 9.65. The fourth-order valence-corrected chi connectivity index (χ4v) is 4.01. The number of hydrogen-bond donors (Lipinski definition) is 2. The van der Waals surface area contributed by atoms with E-state index >= 15 is 0 Å². The van der Waals surface area contributed by atoms with Crippen LogP contribution in [-0.2, 0) is 16.6 Å². The van der Waals surface area contributed by atoms with Gasteiger partial charge in [0.15, 0.2) is 0 Å². The fourth-order valence-electron chi connectivity index (χ4n) is 4.01. The Morgan fingerprint density at radius 3 is 2.90 bits per heavy atom. The highest BCUT2D eigenvalue weighted by Crippen LogP contribution is 2.42. The maximum atomic E-state index is 11.0. The summed E-state index contributed by atoms with van der Waals surface area (Å²) < 4.78 is 5.91. The van der Waals surface area contributed by atoms with Crippen LogP contribution in [0.5, 0.6) is 0 Å². The third kappa shape index (κ3) is 2.18. The summed E-state index contributed by atoms with van der Waals surface area (Å²) >= 11 is 0. The minimum Gasteiger partial charge on any atom is -0.389 e. The van der Waals surface area contributed by atoms with E-state index in [9.17, 15) is 5.11 Å². The van der Waals surface area contributed by atoms with E-state index in [4.69, 9.17) is 10.5 Å². The van der Waals surface area contributed by atoms with E-state index in [1.165, 1.54) is 11.1 Å². The second-order valence-corrected chi connectivity index (χ2v) is 6.38. The summed E-state index contributed by atoms with van der Waals surface area (Å²) in [5.41, 5.74) is 8.39. The lowest BCUT2D eigenvalue weighted by Crippen LogP contribution is -2.53. The van der Waals surface area contributed by atoms with Crippen LogP contribution in [0.25, 0.3) is 0 Å². The number of hydrogen-bond acceptors (Lipinski definition) is 3. The third-order valence-corrected chi connectivity index (χ3v) is 5.17. The average molecular weight is 275 g/mol. The van der Waals surface area contributed by atoms with Crippen molar-refractivity contribution >= 4 is 0 Å². The van der Waals surface area contributed by atoms with E-state index in [-0.39, 0.29) is 17.6 Å². The molecule has 1 aromatic carbocycles. The van der Waals surface area contributed by atoms with Crippen molar-refractivity contribution in [3.05, 3.63) is 35.4 Å². The lowest BCUT2D eigenvalue weighted by Gasteiger charge is -2.44. The van der Waals surface area contributed by atoms with Crippen LogP contribution >= 0.6 is 0 Å². The summed E-state index contributed by atoms with van der Waals surface area (Å²) in [6, 6.07) is 8.44. The monoisotopic (exact) mass is 275 g/mol. The second-order valence-electron chi connectivity index (χ2n) is 6.38. The van der Waals surface area contributed by atoms with Crippen LogP contribution < -0.4 is 5.73 Å². The maximum absolute atomic E-state index is 11.0. The molecular formula is C17H25NO2. The normalized spacial score (nSPS) is 34.8. The van der Waals surface area contributed by atoms with Crippen molar-refractivity contribution in [1.29, 1.82) is 0 Å². The van der Waals surface area contributed by atoms with Crippen LogP contribution in [0, 0.1) is 0 Å². The highest BCUT2D eigenvalue weighted by molar-refractivity contribution is 5.39. The van der Waals surface area contributed by atoms with Crippen molar-refractivity contribution in [3.8, 4) is 0 Å². The summed E-state index contributed by atoms with van der Waals surface area (Å²) in [6.07, 6.45) is 4.79. The maximum Gasteiger partial charge on any atom is 0.0910 e. The Hall–Kier alpha value is -0.900. The minimum atomic E-state index is -0.501. The molecule has 0 spiro atoms. The number of aryl methyl sites for hydroxylation is 1. The lowest BCUT2D eigenvalue weighted by molar-refractivity contribution is -0.0662. The van der Waals surface area contributed by atoms with Crippen molar-refractivity contribution < 1.29 is 9.84 Å². The van der Waals surface area contributed by atoms with E-state index in [2.05, 4.69) is 31.2 Å². The zero-order chi connectivity index (χ0) is 14.2. The molecule has 4 unspecified atom stereocenters. The molecule has 1 saturated heterocycles. The van der Waals surface area contributed by atoms with Crippen LogP contribution in [0.4, 0.5) is 0 Å². The molecule has 1 fully saturated rings. The summed E-state index contributed by atoms with van der Waals surface area (Å²) in [4.78, 5) is 0. The van der Waals surface area contributed by atoms with Crippen molar-refractivity contribution in [2.24, 2.45) is 5.73 Å². The molecule has 3 nitrogen and oxygen atoms in total. The number of fused-ring (bicyclic) bond motifs is 1. The standard InChI is InChI=1S/C17H25NO2/c1-12-8-9-15(20-12)16(19)17(11-18)10-4-6-13-5-2-3-7-14(13)17/h2-3,5,7,12,15-16,19H,4,6,8-11,18H2,1H3. The number of rotatable bonds is 3. The number of aliphatic hydroxyl groups is 1. The number of benzene rings is 1. The summed E-state index contributed by atoms with van der Waals surface area (Å²) in [5, 5.41) is 11.0. The molecule has 0 bridgehead atoms. The number of aliphatic hydroxyl groups excluding tert-OH is 1. The highest BCUT2D eigenvalue weighted by atomic mass is 16.5. The predicted molar refractivity (Wildman–Crippen MR) is 79.7 cm³/mol. The molecule has 1 aromatic rings. The molecule has 3 N–H and O–H groups in total. The van der Waals surface area contributed by atoms with E-state index in [1.54, 1.807) is 0 Å². The molecule has 3 heteroatoms. The van der Waals surface area contributed by atoms with E-state index in [1.807, 2.05) is 0 Å². The molecule has 1 aliphatic carbocycles. The predicted octanol–water partition coefficient (Wildman–Crippen LogP) is 2.15. The molecule has 0 aromatic heterocycles. The molecule has 2 aliphatic rings. The van der Waals surface area contributed by atoms with Gasteiger partial charge in [-0.3, -0.25) is 0 Å². The second kappa shape index (κ2) is 5.47. The Balaban J connectivity index is 1.96. The molecular weight excluding hydrogens is 250 g/mol. The first-order valence-electron chi connectivity index (χ1n) is 7.79. The summed E-state index contributed by atoms with van der Waals surface area (Å²) in [5.74, 6) is 0. The zero-order valence-corrected chi connectivity index (χ0v) is 12.2. The van der Waals surface area contributed by atoms with Gasteiger partial charge in [-0.15, -0.1) is 0 Å². The van der Waals surface area contributed by atoms with Gasteiger partial charge in [0.1, 0.15) is 0 Å². The van der Waals surface area contributed by atoms with Gasteiger partial charge < -0.3 is 15.6 Å². The van der Waals surface area contributed by atoms with Crippen molar-refractivity contribution in [2.75, 3.05) is 6.54 Å². The Morgan fingerprint density at radius 1 is 1.40 bits per heavy atom. The van der Waals surface area contributed by atoms with Crippen LogP contribution in [-0.4, -0.2) is 30.0 Å². The van der Waals surface area contributed by atoms with Crippen LogP contribution in [0.1, 0.15) is 43.7 Å². The topological polar surface area (TPSA) is 55.5 Å². The van der Waals surface area contributed by atoms with Gasteiger partial charge in [-0.1, -0.05) is 24.3 Å². The van der Waals surface area contributed by atoms with Crippen LogP contribution in [0.15, 0.2) is 24.3 Å². The molecule has 0 radical (unpaired) electrons. The largest absolute Gasteiger partial charge is 0.389 e. The number of nitrogens with two attached hydrogens (primary N) is 1. The average Bonchev–Trinajstić information content (AvgIpc) is 2.92. The third-order valence-electron chi connectivity index (χ3n) is 5.17. The zero-order valence-electron chi connectivity index (χ0n) is 12.2. The molecule has 0 saturated carbocycles. The number of ether oxygens (including phenoxy) is 1. The molecule has 20 heavy (non-hydrogen) atoms. The van der Waals surface area contributed by atoms with Gasteiger partial charge >= 0.3 is 0 Å². The van der Waals surface area contributed by atoms with E-state index in [0.29, 0.717) is 6.54 Å². The Labute approximate surface area is 121 Å². The van der Waals surface area contributed by atoms with Gasteiger partial charge in [0, 0.05) is 12.0 Å². The fraction of sp³-hybridized carbons (Fsp3) is 0.647. The molecule has 3 rings (SSSR count). The van der Waals surface area contributed by atoms with Crippen molar-refractivity contribution in [1.82, 2.24) is 0 Å². The quantitative estimate of drug-likeness (QED) is 0.888. The molecule has 1 heterocycles. The summed E-state index contributed by atoms with van der Waals surface area (Å²) in [7, 11) is 0. The van der Waals surface area contributed by atoms with Gasteiger partial charge in [-0.05, 0) is 50.2 Å². The van der Waals surface area contributed by atoms with Crippen LogP contribution in [0.3, 0.4) is 0 Å². The van der Waals surface area contributed by atoms with E-state index in [0.717, 1.165) is 32.1 Å². The molecule has 0 amide bonds. The SMILES string of the molecule is CC1CCC(C(O)C2(CN)CCCc3ccccc32)O1. The van der Waals surface area contributed by atoms with Crippen LogP contribution in [0.2, 0.25) is 0 Å². The molecule has 4 atom stereocenters. The van der Waals surface area contributed by atoms with Crippen molar-refractivity contribution in [3.63, 3.8) is 0 Å². The Bertz CT molecular complexity index is 476. The van der Waals surface area contributed by atoms with Gasteiger partial charge in [0.25, 0.3) is 0 Å². The highest BCUT2D eigenvalue weighted by Gasteiger charge is 2.46. The van der Waals surface area contributed by atoms with Gasteiger partial charge in [0.2, 0.25) is 0 Å². The minimum absolute atomic E-state index is 0.0697.